The number of nitrogens with one attached hydrogen (secondary N) is 3. The van der Waals surface area contributed by atoms with Crippen LogP contribution in [0.2, 0.25) is 0 Å². The van der Waals surface area contributed by atoms with E-state index in [0.29, 0.717) is 6.54 Å². The number of hydrogen-bond acceptors (Lipinski definition) is 6. The summed E-state index contributed by atoms with van der Waals surface area (Å²) in [6.07, 6.45) is 3.27. The van der Waals surface area contributed by atoms with Crippen molar-refractivity contribution in [3.8, 4) is 0 Å². The van der Waals surface area contributed by atoms with Crippen molar-refractivity contribution in [2.24, 2.45) is 4.99 Å². The van der Waals surface area contributed by atoms with Crippen LogP contribution in [0, 0.1) is 0 Å². The van der Waals surface area contributed by atoms with Gasteiger partial charge in [-0.05, 0) is 33.6 Å². The van der Waals surface area contributed by atoms with Crippen LogP contribution in [0.5, 0.6) is 0 Å². The number of carbonyl (C=O) groups is 1. The number of halogens is 1. The van der Waals surface area contributed by atoms with Gasteiger partial charge in [0.2, 0.25) is 0 Å². The lowest BCUT2D eigenvalue weighted by Gasteiger charge is -2.19. The quantitative estimate of drug-likeness (QED) is 0.154. The molecule has 0 fully saturated rings. The molecule has 26 heavy (non-hydrogen) atoms. The molecule has 0 bridgehead atoms. The number of carbonyl (C=O) groups excluding carboxylic acids is 1. The van der Waals surface area contributed by atoms with Crippen molar-refractivity contribution < 1.29 is 9.53 Å². The Balaban J connectivity index is 0.00000625. The lowest BCUT2D eigenvalue weighted by Crippen LogP contribution is -2.39. The fourth-order valence-electron chi connectivity index (χ4n) is 1.74. The van der Waals surface area contributed by atoms with E-state index in [0.717, 1.165) is 42.0 Å². The van der Waals surface area contributed by atoms with Gasteiger partial charge in [-0.3, -0.25) is 4.99 Å². The number of hydrogen-bond donors (Lipinski definition) is 3. The number of aliphatic imine (C=N–C) groups is 1. The van der Waals surface area contributed by atoms with Crippen LogP contribution >= 0.6 is 47.1 Å². The Hall–Kier alpha value is -0.750. The summed E-state index contributed by atoms with van der Waals surface area (Å²) in [5.41, 5.74) is -0.466. The zero-order valence-corrected chi connectivity index (χ0v) is 19.8. The van der Waals surface area contributed by atoms with Gasteiger partial charge >= 0.3 is 6.09 Å². The van der Waals surface area contributed by atoms with Gasteiger partial charge in [-0.15, -0.1) is 35.3 Å². The molecule has 0 saturated heterocycles. The maximum absolute atomic E-state index is 11.5. The Morgan fingerprint density at radius 1 is 1.23 bits per heavy atom. The van der Waals surface area contributed by atoms with E-state index in [1.54, 1.807) is 30.1 Å². The Kier molecular flexibility index (Phi) is 13.9. The third-order valence-corrected chi connectivity index (χ3v) is 4.84. The number of aromatic nitrogens is 1. The number of thiazole rings is 1. The fraction of sp³-hybridized carbons (Fsp3) is 0.688. The highest BCUT2D eigenvalue weighted by Crippen LogP contribution is 2.20. The third kappa shape index (κ3) is 13.5. The van der Waals surface area contributed by atoms with Crippen molar-refractivity contribution in [1.82, 2.24) is 20.9 Å². The molecule has 10 heteroatoms. The van der Waals surface area contributed by atoms with Gasteiger partial charge in [-0.25, -0.2) is 9.78 Å². The molecule has 0 aliphatic rings. The summed E-state index contributed by atoms with van der Waals surface area (Å²) < 4.78 is 6.29. The van der Waals surface area contributed by atoms with Crippen molar-refractivity contribution >= 4 is 59.1 Å². The van der Waals surface area contributed by atoms with Crippen LogP contribution in [0.4, 0.5) is 4.79 Å². The average Bonchev–Trinajstić information content (AvgIpc) is 3.04. The first kappa shape index (κ1) is 25.2. The summed E-state index contributed by atoms with van der Waals surface area (Å²) in [6, 6.07) is 0. The first-order chi connectivity index (χ1) is 11.9. The molecular formula is C16H30IN5O2S2. The predicted octanol–water partition coefficient (Wildman–Crippen LogP) is 3.32. The molecule has 0 aromatic carbocycles. The molecule has 0 aliphatic carbocycles. The summed E-state index contributed by atoms with van der Waals surface area (Å²) in [5, 5.41) is 11.2. The van der Waals surface area contributed by atoms with E-state index in [2.05, 4.69) is 25.9 Å². The summed E-state index contributed by atoms with van der Waals surface area (Å²) >= 11 is 3.44. The SMILES string of the molecule is CN=C(NCCCNC(=O)OC(C)(C)C)NCCCSc1nccs1.I. The maximum atomic E-state index is 11.5. The number of ether oxygens (including phenoxy) is 1. The van der Waals surface area contributed by atoms with Gasteiger partial charge in [-0.1, -0.05) is 11.8 Å². The number of thioether (sulfide) groups is 1. The van der Waals surface area contributed by atoms with Crippen molar-refractivity contribution in [1.29, 1.82) is 0 Å². The molecule has 1 rings (SSSR count). The Bertz CT molecular complexity index is 521. The highest BCUT2D eigenvalue weighted by atomic mass is 127. The summed E-state index contributed by atoms with van der Waals surface area (Å²) in [4.78, 5) is 19.9. The topological polar surface area (TPSA) is 87.6 Å². The Labute approximate surface area is 181 Å². The highest BCUT2D eigenvalue weighted by Gasteiger charge is 2.15. The predicted molar refractivity (Wildman–Crippen MR) is 121 cm³/mol. The van der Waals surface area contributed by atoms with Crippen LogP contribution in [0.1, 0.15) is 33.6 Å². The molecule has 1 heterocycles. The molecule has 0 atom stereocenters. The minimum atomic E-state index is -0.466. The summed E-state index contributed by atoms with van der Waals surface area (Å²) in [5.74, 6) is 1.80. The zero-order valence-electron chi connectivity index (χ0n) is 15.8. The molecule has 7 nitrogen and oxygen atoms in total. The molecule has 3 N–H and O–H groups in total. The fourth-order valence-corrected chi connectivity index (χ4v) is 3.39. The second-order valence-corrected chi connectivity index (χ2v) is 8.44. The second kappa shape index (κ2) is 14.3. The summed E-state index contributed by atoms with van der Waals surface area (Å²) in [7, 11) is 1.75. The minimum Gasteiger partial charge on any atom is -0.444 e. The van der Waals surface area contributed by atoms with Gasteiger partial charge in [-0.2, -0.15) is 0 Å². The van der Waals surface area contributed by atoms with Gasteiger partial charge in [0.15, 0.2) is 5.96 Å². The normalized spacial score (nSPS) is 11.5. The first-order valence-corrected chi connectivity index (χ1v) is 10.2. The molecule has 1 aromatic rings. The van der Waals surface area contributed by atoms with E-state index in [9.17, 15) is 4.79 Å². The molecule has 0 saturated carbocycles. The lowest BCUT2D eigenvalue weighted by molar-refractivity contribution is 0.0527. The number of guanidine groups is 1. The molecule has 1 amide bonds. The largest absolute Gasteiger partial charge is 0.444 e. The van der Waals surface area contributed by atoms with Crippen molar-refractivity contribution in [2.45, 2.75) is 43.6 Å². The number of rotatable bonds is 9. The zero-order chi connectivity index (χ0) is 18.5. The smallest absolute Gasteiger partial charge is 0.407 e. The van der Waals surface area contributed by atoms with Crippen LogP contribution in [0.15, 0.2) is 20.9 Å². The number of alkyl carbamates (subject to hydrolysis) is 1. The summed E-state index contributed by atoms with van der Waals surface area (Å²) in [6.45, 7) is 7.68. The Morgan fingerprint density at radius 3 is 2.46 bits per heavy atom. The molecule has 1 aromatic heterocycles. The van der Waals surface area contributed by atoms with Crippen molar-refractivity contribution in [3.05, 3.63) is 11.6 Å². The van der Waals surface area contributed by atoms with E-state index in [-0.39, 0.29) is 30.1 Å². The molecule has 0 aliphatic heterocycles. The van der Waals surface area contributed by atoms with E-state index in [1.807, 2.05) is 32.3 Å². The number of nitrogens with zero attached hydrogens (tertiary/aromatic N) is 2. The van der Waals surface area contributed by atoms with Gasteiger partial charge in [0, 0.05) is 44.0 Å². The average molecular weight is 515 g/mol. The number of amides is 1. The van der Waals surface area contributed by atoms with Crippen LogP contribution in [-0.4, -0.2) is 55.1 Å². The van der Waals surface area contributed by atoms with Crippen LogP contribution in [-0.2, 0) is 4.74 Å². The lowest BCUT2D eigenvalue weighted by atomic mass is 10.2. The second-order valence-electron chi connectivity index (χ2n) is 6.21. The molecule has 150 valence electrons. The van der Waals surface area contributed by atoms with E-state index >= 15 is 0 Å². The Morgan fingerprint density at radius 2 is 1.88 bits per heavy atom. The highest BCUT2D eigenvalue weighted by molar-refractivity contribution is 14.0. The van der Waals surface area contributed by atoms with Gasteiger partial charge in [0.05, 0.1) is 0 Å². The third-order valence-electron chi connectivity index (χ3n) is 2.79. The minimum absolute atomic E-state index is 0. The molecular weight excluding hydrogens is 485 g/mol. The van der Waals surface area contributed by atoms with Crippen LogP contribution < -0.4 is 16.0 Å². The van der Waals surface area contributed by atoms with E-state index < -0.39 is 5.60 Å². The molecule has 0 radical (unpaired) electrons. The monoisotopic (exact) mass is 515 g/mol. The van der Waals surface area contributed by atoms with Gasteiger partial charge in [0.25, 0.3) is 0 Å². The maximum Gasteiger partial charge on any atom is 0.407 e. The van der Waals surface area contributed by atoms with Crippen LogP contribution in [0.25, 0.3) is 0 Å². The molecule has 0 spiro atoms. The van der Waals surface area contributed by atoms with Crippen molar-refractivity contribution in [3.63, 3.8) is 0 Å². The standard InChI is InChI=1S/C16H29N5O2S2.HI/c1-16(2,3)23-14(22)20-8-5-7-18-13(17-4)19-9-6-11-24-15-21-10-12-25-15;/h10,12H,5-9,11H2,1-4H3,(H,20,22)(H2,17,18,19);1H. The van der Waals surface area contributed by atoms with Gasteiger partial charge in [0.1, 0.15) is 9.94 Å². The van der Waals surface area contributed by atoms with Crippen molar-refractivity contribution in [2.75, 3.05) is 32.4 Å². The van der Waals surface area contributed by atoms with Crippen LogP contribution in [0.3, 0.4) is 0 Å². The molecule has 0 unspecified atom stereocenters. The first-order valence-electron chi connectivity index (χ1n) is 8.34. The van der Waals surface area contributed by atoms with Gasteiger partial charge < -0.3 is 20.7 Å². The van der Waals surface area contributed by atoms with E-state index in [1.165, 1.54) is 0 Å². The van der Waals surface area contributed by atoms with E-state index in [4.69, 9.17) is 4.74 Å².